The van der Waals surface area contributed by atoms with Gasteiger partial charge >= 0.3 is 6.09 Å². The Labute approximate surface area is 200 Å². The standard InChI is InChI=1S/C27H33N3O4/c1-7-20-15-18(4)16-21(8-2)23(20)24-25(19(5)28-29(6)26(24)31)34-17-30(27(32)33-9-3)22-13-11-10-12-14-22/h10-16H,7-9,17H2,1-6H3. The predicted molar refractivity (Wildman–Crippen MR) is 135 cm³/mol. The van der Waals surface area contributed by atoms with Crippen molar-refractivity contribution >= 4 is 11.8 Å². The zero-order chi connectivity index (χ0) is 24.8. The Morgan fingerprint density at radius 2 is 1.62 bits per heavy atom. The second-order valence-electron chi connectivity index (χ2n) is 8.12. The number of benzene rings is 2. The minimum Gasteiger partial charge on any atom is -0.470 e. The summed E-state index contributed by atoms with van der Waals surface area (Å²) in [6, 6.07) is 13.4. The van der Waals surface area contributed by atoms with E-state index in [1.807, 2.05) is 18.2 Å². The Kier molecular flexibility index (Phi) is 8.10. The van der Waals surface area contributed by atoms with Crippen molar-refractivity contribution in [3.05, 3.63) is 75.2 Å². The lowest BCUT2D eigenvalue weighted by Crippen LogP contribution is -2.36. The van der Waals surface area contributed by atoms with Crippen LogP contribution >= 0.6 is 0 Å². The summed E-state index contributed by atoms with van der Waals surface area (Å²) in [7, 11) is 1.64. The number of nitrogens with zero attached hydrogens (tertiary/aromatic N) is 3. The molecule has 0 N–H and O–H groups in total. The van der Waals surface area contributed by atoms with Gasteiger partial charge in [0, 0.05) is 7.05 Å². The molecule has 2 aromatic carbocycles. The van der Waals surface area contributed by atoms with E-state index in [1.165, 1.54) is 9.58 Å². The maximum absolute atomic E-state index is 13.4. The van der Waals surface area contributed by atoms with E-state index in [2.05, 4.69) is 38.0 Å². The lowest BCUT2D eigenvalue weighted by atomic mass is 9.90. The first-order valence-electron chi connectivity index (χ1n) is 11.6. The number of aromatic nitrogens is 2. The summed E-state index contributed by atoms with van der Waals surface area (Å²) in [5, 5.41) is 4.36. The highest BCUT2D eigenvalue weighted by molar-refractivity contribution is 5.87. The van der Waals surface area contributed by atoms with E-state index < -0.39 is 6.09 Å². The monoisotopic (exact) mass is 463 g/mol. The molecule has 1 heterocycles. The van der Waals surface area contributed by atoms with Gasteiger partial charge in [-0.1, -0.05) is 49.7 Å². The summed E-state index contributed by atoms with van der Waals surface area (Å²) in [4.78, 5) is 27.5. The average Bonchev–Trinajstić information content (AvgIpc) is 2.83. The van der Waals surface area contributed by atoms with Gasteiger partial charge < -0.3 is 9.47 Å². The molecule has 0 fully saturated rings. The van der Waals surface area contributed by atoms with Gasteiger partial charge in [-0.05, 0) is 62.4 Å². The summed E-state index contributed by atoms with van der Waals surface area (Å²) in [6.45, 7) is 9.89. The van der Waals surface area contributed by atoms with Crippen LogP contribution in [0.3, 0.4) is 0 Å². The molecule has 0 aliphatic carbocycles. The third kappa shape index (κ3) is 5.14. The van der Waals surface area contributed by atoms with E-state index in [1.54, 1.807) is 33.0 Å². The molecule has 0 spiro atoms. The third-order valence-electron chi connectivity index (χ3n) is 5.72. The van der Waals surface area contributed by atoms with Crippen LogP contribution < -0.4 is 15.2 Å². The van der Waals surface area contributed by atoms with Gasteiger partial charge in [0.25, 0.3) is 5.56 Å². The predicted octanol–water partition coefficient (Wildman–Crippen LogP) is 5.19. The molecule has 180 valence electrons. The van der Waals surface area contributed by atoms with Crippen LogP contribution in [0.5, 0.6) is 5.75 Å². The third-order valence-corrected chi connectivity index (χ3v) is 5.72. The van der Waals surface area contributed by atoms with E-state index in [-0.39, 0.29) is 18.9 Å². The zero-order valence-corrected chi connectivity index (χ0v) is 20.8. The van der Waals surface area contributed by atoms with Crippen LogP contribution in [-0.4, -0.2) is 29.2 Å². The Hall–Kier alpha value is -3.61. The van der Waals surface area contributed by atoms with Gasteiger partial charge in [0.1, 0.15) is 5.69 Å². The van der Waals surface area contributed by atoms with Crippen LogP contribution in [0.4, 0.5) is 10.5 Å². The van der Waals surface area contributed by atoms with Gasteiger partial charge in [-0.2, -0.15) is 5.10 Å². The number of aryl methyl sites for hydroxylation is 5. The van der Waals surface area contributed by atoms with E-state index in [4.69, 9.17) is 9.47 Å². The first kappa shape index (κ1) is 25.0. The van der Waals surface area contributed by atoms with Crippen molar-refractivity contribution in [1.82, 2.24) is 9.78 Å². The van der Waals surface area contributed by atoms with Crippen LogP contribution in [0.2, 0.25) is 0 Å². The average molecular weight is 464 g/mol. The molecule has 0 aliphatic rings. The SMILES string of the molecule is CCOC(=O)N(COc1c(C)nn(C)c(=O)c1-c1c(CC)cc(C)cc1CC)c1ccccc1. The Morgan fingerprint density at radius 3 is 2.18 bits per heavy atom. The second kappa shape index (κ2) is 11.0. The molecular formula is C27H33N3O4. The quantitative estimate of drug-likeness (QED) is 0.430. The van der Waals surface area contributed by atoms with Gasteiger partial charge in [-0.3, -0.25) is 4.79 Å². The summed E-state index contributed by atoms with van der Waals surface area (Å²) < 4.78 is 12.8. The van der Waals surface area contributed by atoms with E-state index in [9.17, 15) is 9.59 Å². The molecule has 0 bridgehead atoms. The highest BCUT2D eigenvalue weighted by Crippen LogP contribution is 2.35. The Bertz CT molecular complexity index is 1190. The number of rotatable bonds is 8. The highest BCUT2D eigenvalue weighted by atomic mass is 16.6. The number of amides is 1. The molecule has 0 radical (unpaired) electrons. The summed E-state index contributed by atoms with van der Waals surface area (Å²) >= 11 is 0. The van der Waals surface area contributed by atoms with Crippen LogP contribution in [0.25, 0.3) is 11.1 Å². The highest BCUT2D eigenvalue weighted by Gasteiger charge is 2.24. The van der Waals surface area contributed by atoms with Crippen LogP contribution in [0.15, 0.2) is 47.3 Å². The minimum atomic E-state index is -0.525. The maximum atomic E-state index is 13.4. The van der Waals surface area contributed by atoms with Gasteiger partial charge in [0.05, 0.1) is 17.9 Å². The Balaban J connectivity index is 2.15. The van der Waals surface area contributed by atoms with Crippen LogP contribution in [0, 0.1) is 13.8 Å². The van der Waals surface area contributed by atoms with Crippen LogP contribution in [-0.2, 0) is 24.6 Å². The fraction of sp³-hybridized carbons (Fsp3) is 0.370. The Morgan fingerprint density at radius 1 is 1.00 bits per heavy atom. The van der Waals surface area contributed by atoms with Crippen molar-refractivity contribution in [3.63, 3.8) is 0 Å². The largest absolute Gasteiger partial charge is 0.470 e. The number of ether oxygens (including phenoxy) is 2. The molecule has 0 aliphatic heterocycles. The topological polar surface area (TPSA) is 73.7 Å². The number of para-hydroxylation sites is 1. The molecule has 7 nitrogen and oxygen atoms in total. The van der Waals surface area contributed by atoms with Gasteiger partial charge in [0.2, 0.25) is 0 Å². The molecule has 3 rings (SSSR count). The van der Waals surface area contributed by atoms with E-state index >= 15 is 0 Å². The van der Waals surface area contributed by atoms with Crippen molar-refractivity contribution in [2.45, 2.75) is 47.5 Å². The van der Waals surface area contributed by atoms with Crippen molar-refractivity contribution in [2.24, 2.45) is 7.05 Å². The molecule has 0 saturated carbocycles. The molecule has 1 amide bonds. The summed E-state index contributed by atoms with van der Waals surface area (Å²) in [5.74, 6) is 0.376. The smallest absolute Gasteiger partial charge is 0.417 e. The van der Waals surface area contributed by atoms with Crippen LogP contribution in [0.1, 0.15) is 43.2 Å². The van der Waals surface area contributed by atoms with E-state index in [0.29, 0.717) is 22.7 Å². The number of hydrogen-bond acceptors (Lipinski definition) is 5. The molecule has 0 atom stereocenters. The lowest BCUT2D eigenvalue weighted by molar-refractivity contribution is 0.152. The molecule has 0 unspecified atom stereocenters. The van der Waals surface area contributed by atoms with Gasteiger partial charge in [-0.25, -0.2) is 14.4 Å². The molecule has 7 heteroatoms. The lowest BCUT2D eigenvalue weighted by Gasteiger charge is -2.24. The minimum absolute atomic E-state index is 0.125. The molecular weight excluding hydrogens is 430 g/mol. The van der Waals surface area contributed by atoms with Gasteiger partial charge in [0.15, 0.2) is 12.5 Å². The van der Waals surface area contributed by atoms with E-state index in [0.717, 1.165) is 35.1 Å². The summed E-state index contributed by atoms with van der Waals surface area (Å²) in [5.41, 5.74) is 5.63. The molecule has 0 saturated heterocycles. The van der Waals surface area contributed by atoms with Crippen molar-refractivity contribution < 1.29 is 14.3 Å². The number of hydrogen-bond donors (Lipinski definition) is 0. The van der Waals surface area contributed by atoms with Crippen molar-refractivity contribution in [2.75, 3.05) is 18.2 Å². The number of carbonyl (C=O) groups is 1. The van der Waals surface area contributed by atoms with Crippen molar-refractivity contribution in [1.29, 1.82) is 0 Å². The summed E-state index contributed by atoms with van der Waals surface area (Å²) in [6.07, 6.45) is 1.02. The normalized spacial score (nSPS) is 10.8. The number of anilines is 1. The maximum Gasteiger partial charge on any atom is 0.417 e. The molecule has 34 heavy (non-hydrogen) atoms. The number of carbonyl (C=O) groups excluding carboxylic acids is 1. The first-order chi connectivity index (χ1) is 16.3. The zero-order valence-electron chi connectivity index (χ0n) is 20.8. The fourth-order valence-electron chi connectivity index (χ4n) is 4.14. The molecule has 3 aromatic rings. The fourth-order valence-corrected chi connectivity index (χ4v) is 4.14. The van der Waals surface area contributed by atoms with Gasteiger partial charge in [-0.15, -0.1) is 0 Å². The second-order valence-corrected chi connectivity index (χ2v) is 8.12. The molecule has 1 aromatic heterocycles. The first-order valence-corrected chi connectivity index (χ1v) is 11.6. The van der Waals surface area contributed by atoms with Crippen molar-refractivity contribution in [3.8, 4) is 16.9 Å².